The van der Waals surface area contributed by atoms with Crippen molar-refractivity contribution in [2.75, 3.05) is 33.4 Å². The minimum Gasteiger partial charge on any atom is -0.497 e. The first-order valence-electron chi connectivity index (χ1n) is 10.4. The summed E-state index contributed by atoms with van der Waals surface area (Å²) in [4.78, 5) is 19.6. The molecule has 4 rings (SSSR count). The Morgan fingerprint density at radius 1 is 1.34 bits per heavy atom. The lowest BCUT2D eigenvalue weighted by Crippen LogP contribution is -2.48. The molecule has 1 atom stereocenters. The first-order valence-corrected chi connectivity index (χ1v) is 10.4. The van der Waals surface area contributed by atoms with E-state index in [4.69, 9.17) is 19.0 Å². The van der Waals surface area contributed by atoms with Gasteiger partial charge in [-0.15, -0.1) is 0 Å². The van der Waals surface area contributed by atoms with Crippen molar-refractivity contribution in [2.24, 2.45) is 0 Å². The van der Waals surface area contributed by atoms with Crippen LogP contribution in [-0.4, -0.2) is 54.4 Å². The summed E-state index contributed by atoms with van der Waals surface area (Å²) in [5.74, 6) is 2.61. The largest absolute Gasteiger partial charge is 0.497 e. The minimum atomic E-state index is -0.283. The number of methoxy groups -OCH3 is 1. The van der Waals surface area contributed by atoms with Crippen LogP contribution in [0.15, 0.2) is 28.8 Å². The van der Waals surface area contributed by atoms with Gasteiger partial charge < -0.3 is 18.9 Å². The fraction of sp³-hybridized carbons (Fsp3) is 0.591. The second-order valence-corrected chi connectivity index (χ2v) is 8.35. The Balaban J connectivity index is 1.44. The quantitative estimate of drug-likeness (QED) is 0.769. The van der Waals surface area contributed by atoms with Crippen molar-refractivity contribution in [3.05, 3.63) is 41.5 Å². The molecule has 1 amide bonds. The number of carbonyl (C=O) groups is 1. The van der Waals surface area contributed by atoms with Crippen LogP contribution in [0.4, 0.5) is 0 Å². The Hall–Kier alpha value is -2.41. The molecule has 2 aliphatic heterocycles. The summed E-state index contributed by atoms with van der Waals surface area (Å²) in [7, 11) is 1.64. The Labute approximate surface area is 171 Å². The smallest absolute Gasteiger partial charge is 0.229 e. The van der Waals surface area contributed by atoms with Gasteiger partial charge in [-0.1, -0.05) is 24.2 Å². The lowest BCUT2D eigenvalue weighted by atomic mass is 9.81. The van der Waals surface area contributed by atoms with Crippen LogP contribution in [0.2, 0.25) is 0 Å². The molecule has 2 aromatic rings. The number of hydrogen-bond donors (Lipinski definition) is 0. The van der Waals surface area contributed by atoms with Crippen LogP contribution in [0.5, 0.6) is 5.75 Å². The summed E-state index contributed by atoms with van der Waals surface area (Å²) < 4.78 is 16.3. The molecule has 3 heterocycles. The predicted molar refractivity (Wildman–Crippen MR) is 107 cm³/mol. The van der Waals surface area contributed by atoms with Gasteiger partial charge in [0.05, 0.1) is 13.5 Å². The number of carbonyl (C=O) groups excluding carboxylic acids is 1. The lowest BCUT2D eigenvalue weighted by molar-refractivity contribution is -0.132. The van der Waals surface area contributed by atoms with Gasteiger partial charge in [0.2, 0.25) is 11.8 Å². The van der Waals surface area contributed by atoms with Gasteiger partial charge in [0, 0.05) is 37.6 Å². The van der Waals surface area contributed by atoms with E-state index in [0.717, 1.165) is 62.6 Å². The molecule has 1 aromatic carbocycles. The van der Waals surface area contributed by atoms with E-state index in [2.05, 4.69) is 12.1 Å². The van der Waals surface area contributed by atoms with Gasteiger partial charge in [-0.2, -0.15) is 4.98 Å². The fourth-order valence-electron chi connectivity index (χ4n) is 4.29. The highest BCUT2D eigenvalue weighted by Gasteiger charge is 2.39. The molecule has 2 aliphatic rings. The first kappa shape index (κ1) is 19.9. The van der Waals surface area contributed by atoms with Gasteiger partial charge in [0.15, 0.2) is 5.82 Å². The third-order valence-corrected chi connectivity index (χ3v) is 6.09. The molecule has 7 heteroatoms. The van der Waals surface area contributed by atoms with Crippen molar-refractivity contribution < 1.29 is 18.8 Å². The van der Waals surface area contributed by atoms with E-state index in [-0.39, 0.29) is 17.2 Å². The third-order valence-electron chi connectivity index (χ3n) is 6.09. The Bertz CT molecular complexity index is 846. The average Bonchev–Trinajstić information content (AvgIpc) is 3.26. The van der Waals surface area contributed by atoms with E-state index in [1.165, 1.54) is 0 Å². The van der Waals surface area contributed by atoms with E-state index < -0.39 is 0 Å². The number of likely N-dealkylation sites (tertiary alicyclic amines) is 1. The van der Waals surface area contributed by atoms with Crippen molar-refractivity contribution in [3.63, 3.8) is 0 Å². The molecule has 2 fully saturated rings. The minimum absolute atomic E-state index is 0.123. The van der Waals surface area contributed by atoms with Crippen molar-refractivity contribution in [2.45, 2.75) is 50.4 Å². The Morgan fingerprint density at radius 2 is 2.17 bits per heavy atom. The number of hydrogen-bond acceptors (Lipinski definition) is 6. The lowest BCUT2D eigenvalue weighted by Gasteiger charge is -2.38. The molecular weight excluding hydrogens is 370 g/mol. The molecule has 0 bridgehead atoms. The molecule has 0 spiro atoms. The van der Waals surface area contributed by atoms with Crippen LogP contribution >= 0.6 is 0 Å². The predicted octanol–water partition coefficient (Wildman–Crippen LogP) is 3.10. The maximum atomic E-state index is 12.9. The number of benzene rings is 1. The molecule has 0 N–H and O–H groups in total. The van der Waals surface area contributed by atoms with Gasteiger partial charge in [-0.3, -0.25) is 4.79 Å². The van der Waals surface area contributed by atoms with Crippen LogP contribution in [0, 0.1) is 0 Å². The first-order chi connectivity index (χ1) is 14.1. The second kappa shape index (κ2) is 8.53. The van der Waals surface area contributed by atoms with Gasteiger partial charge >= 0.3 is 0 Å². The van der Waals surface area contributed by atoms with Crippen molar-refractivity contribution >= 4 is 5.91 Å². The summed E-state index contributed by atoms with van der Waals surface area (Å²) >= 11 is 0. The fourth-order valence-corrected chi connectivity index (χ4v) is 4.29. The van der Waals surface area contributed by atoms with E-state index in [1.54, 1.807) is 7.11 Å². The zero-order chi connectivity index (χ0) is 20.3. The van der Waals surface area contributed by atoms with Crippen LogP contribution in [0.1, 0.15) is 55.8 Å². The highest BCUT2D eigenvalue weighted by molar-refractivity contribution is 5.79. The molecule has 0 radical (unpaired) electrons. The van der Waals surface area contributed by atoms with E-state index in [0.29, 0.717) is 18.9 Å². The number of aromatic nitrogens is 2. The summed E-state index contributed by atoms with van der Waals surface area (Å²) in [6.45, 7) is 5.00. The normalized spacial score (nSPS) is 23.2. The van der Waals surface area contributed by atoms with Gasteiger partial charge in [-0.25, -0.2) is 0 Å². The molecule has 7 nitrogen and oxygen atoms in total. The molecule has 0 aliphatic carbocycles. The number of ether oxygens (including phenoxy) is 2. The van der Waals surface area contributed by atoms with E-state index >= 15 is 0 Å². The molecule has 1 aromatic heterocycles. The maximum absolute atomic E-state index is 12.9. The van der Waals surface area contributed by atoms with Crippen LogP contribution in [0.3, 0.4) is 0 Å². The molecule has 156 valence electrons. The molecule has 2 saturated heterocycles. The Morgan fingerprint density at radius 3 is 2.97 bits per heavy atom. The maximum Gasteiger partial charge on any atom is 0.229 e. The molecular formula is C22H29N3O4. The number of piperidine rings is 1. The van der Waals surface area contributed by atoms with Crippen molar-refractivity contribution in [3.8, 4) is 5.75 Å². The van der Waals surface area contributed by atoms with Crippen LogP contribution < -0.4 is 4.74 Å². The monoisotopic (exact) mass is 399 g/mol. The van der Waals surface area contributed by atoms with E-state index in [9.17, 15) is 4.79 Å². The summed E-state index contributed by atoms with van der Waals surface area (Å²) in [6, 6.07) is 7.68. The highest BCUT2D eigenvalue weighted by Crippen LogP contribution is 2.34. The zero-order valence-corrected chi connectivity index (χ0v) is 17.2. The molecule has 1 unspecified atom stereocenters. The van der Waals surface area contributed by atoms with Crippen LogP contribution in [-0.2, 0) is 21.4 Å². The number of amides is 1. The van der Waals surface area contributed by atoms with Crippen molar-refractivity contribution in [1.29, 1.82) is 0 Å². The molecule has 29 heavy (non-hydrogen) atoms. The highest BCUT2D eigenvalue weighted by atomic mass is 16.5. The second-order valence-electron chi connectivity index (χ2n) is 8.35. The number of rotatable bonds is 5. The van der Waals surface area contributed by atoms with Gasteiger partial charge in [0.25, 0.3) is 0 Å². The summed E-state index contributed by atoms with van der Waals surface area (Å²) in [5, 5.41) is 4.31. The molecule has 0 saturated carbocycles. The SMILES string of the molecule is COc1cccc(CC(=O)N2CCCC(C)(c3noc(C4CCOCC4)n3)C2)c1. The number of nitrogens with zero attached hydrogens (tertiary/aromatic N) is 3. The van der Waals surface area contributed by atoms with Gasteiger partial charge in [-0.05, 0) is 43.4 Å². The van der Waals surface area contributed by atoms with Crippen molar-refractivity contribution in [1.82, 2.24) is 15.0 Å². The van der Waals surface area contributed by atoms with Crippen LogP contribution in [0.25, 0.3) is 0 Å². The topological polar surface area (TPSA) is 77.7 Å². The Kier molecular flexibility index (Phi) is 5.85. The zero-order valence-electron chi connectivity index (χ0n) is 17.2. The summed E-state index contributed by atoms with van der Waals surface area (Å²) in [6.07, 6.45) is 4.09. The van der Waals surface area contributed by atoms with E-state index in [1.807, 2.05) is 29.2 Å². The summed E-state index contributed by atoms with van der Waals surface area (Å²) in [5.41, 5.74) is 0.679. The van der Waals surface area contributed by atoms with Gasteiger partial charge in [0.1, 0.15) is 5.75 Å². The average molecular weight is 399 g/mol. The standard InChI is InChI=1S/C22H29N3O4/c1-22(21-23-20(29-24-21)17-7-11-28-12-8-17)9-4-10-25(15-22)19(26)14-16-5-3-6-18(13-16)27-2/h3,5-6,13,17H,4,7-12,14-15H2,1-2H3. The third kappa shape index (κ3) is 4.45.